The average Bonchev–Trinajstić information content (AvgIpc) is 3.05. The van der Waals surface area contributed by atoms with E-state index in [4.69, 9.17) is 9.84 Å². The highest BCUT2D eigenvalue weighted by atomic mass is 16.5. The van der Waals surface area contributed by atoms with Crippen molar-refractivity contribution in [1.29, 1.82) is 0 Å². The fourth-order valence-electron chi connectivity index (χ4n) is 2.75. The topological polar surface area (TPSA) is 66.8 Å². The lowest BCUT2D eigenvalue weighted by Crippen LogP contribution is -2.34. The SMILES string of the molecule is O=C(O)[C@@H]1CCN(C(=O)[C@H]2COc3ccccc32)C1. The second-order valence-corrected chi connectivity index (χ2v) is 5.01. The molecule has 1 amide bonds. The Balaban J connectivity index is 1.74. The molecular formula is C14H15NO4. The number of amides is 1. The summed E-state index contributed by atoms with van der Waals surface area (Å²) >= 11 is 0. The number of likely N-dealkylation sites (tertiary alicyclic amines) is 1. The molecule has 0 unspecified atom stereocenters. The number of carbonyl (C=O) groups excluding carboxylic acids is 1. The maximum atomic E-state index is 12.4. The molecule has 1 aromatic carbocycles. The second-order valence-electron chi connectivity index (χ2n) is 5.01. The highest BCUT2D eigenvalue weighted by Crippen LogP contribution is 2.35. The van der Waals surface area contributed by atoms with Gasteiger partial charge in [-0.3, -0.25) is 9.59 Å². The quantitative estimate of drug-likeness (QED) is 0.865. The van der Waals surface area contributed by atoms with Gasteiger partial charge in [0.1, 0.15) is 18.3 Å². The molecule has 0 bridgehead atoms. The predicted molar refractivity (Wildman–Crippen MR) is 67.0 cm³/mol. The molecule has 2 atom stereocenters. The summed E-state index contributed by atoms with van der Waals surface area (Å²) in [6.07, 6.45) is 0.538. The molecule has 2 aliphatic heterocycles. The highest BCUT2D eigenvalue weighted by molar-refractivity contribution is 5.86. The molecule has 2 heterocycles. The molecule has 0 saturated carbocycles. The maximum Gasteiger partial charge on any atom is 0.308 e. The van der Waals surface area contributed by atoms with Gasteiger partial charge < -0.3 is 14.7 Å². The zero-order valence-corrected chi connectivity index (χ0v) is 10.4. The normalized spacial score (nSPS) is 24.9. The fraction of sp³-hybridized carbons (Fsp3) is 0.429. The van der Waals surface area contributed by atoms with E-state index in [-0.39, 0.29) is 11.8 Å². The van der Waals surface area contributed by atoms with Gasteiger partial charge in [0.25, 0.3) is 0 Å². The maximum absolute atomic E-state index is 12.4. The lowest BCUT2D eigenvalue weighted by atomic mass is 10.00. The molecule has 0 radical (unpaired) electrons. The van der Waals surface area contributed by atoms with Crippen LogP contribution in [0.1, 0.15) is 17.9 Å². The van der Waals surface area contributed by atoms with Crippen LogP contribution in [0.3, 0.4) is 0 Å². The highest BCUT2D eigenvalue weighted by Gasteiger charge is 2.37. The number of carbonyl (C=O) groups is 2. The summed E-state index contributed by atoms with van der Waals surface area (Å²) < 4.78 is 5.50. The van der Waals surface area contributed by atoms with Crippen LogP contribution >= 0.6 is 0 Å². The standard InChI is InChI=1S/C14H15NO4/c16-13(15-6-5-9(7-15)14(17)18)11-8-19-12-4-2-1-3-10(11)12/h1-4,9,11H,5-8H2,(H,17,18)/t9-,11+/m1/s1. The van der Waals surface area contributed by atoms with Crippen molar-refractivity contribution < 1.29 is 19.4 Å². The Kier molecular flexibility index (Phi) is 2.89. The number of hydrogen-bond donors (Lipinski definition) is 1. The minimum atomic E-state index is -0.821. The number of aliphatic carboxylic acids is 1. The molecule has 1 aromatic rings. The first-order valence-corrected chi connectivity index (χ1v) is 6.40. The van der Waals surface area contributed by atoms with Crippen LogP contribution in [0.15, 0.2) is 24.3 Å². The molecule has 1 saturated heterocycles. The summed E-state index contributed by atoms with van der Waals surface area (Å²) in [7, 11) is 0. The first-order valence-electron chi connectivity index (χ1n) is 6.40. The molecular weight excluding hydrogens is 246 g/mol. The van der Waals surface area contributed by atoms with E-state index in [0.29, 0.717) is 26.1 Å². The van der Waals surface area contributed by atoms with E-state index in [1.165, 1.54) is 0 Å². The minimum Gasteiger partial charge on any atom is -0.492 e. The lowest BCUT2D eigenvalue weighted by Gasteiger charge is -2.19. The first kappa shape index (κ1) is 12.0. The number of carboxylic acids is 1. The third-order valence-electron chi connectivity index (χ3n) is 3.85. The van der Waals surface area contributed by atoms with E-state index in [1.807, 2.05) is 24.3 Å². The van der Waals surface area contributed by atoms with Crippen LogP contribution in [0.5, 0.6) is 5.75 Å². The zero-order valence-electron chi connectivity index (χ0n) is 10.4. The third-order valence-corrected chi connectivity index (χ3v) is 3.85. The van der Waals surface area contributed by atoms with Crippen LogP contribution in [0.2, 0.25) is 0 Å². The van der Waals surface area contributed by atoms with E-state index >= 15 is 0 Å². The van der Waals surface area contributed by atoms with Crippen molar-refractivity contribution in [1.82, 2.24) is 4.90 Å². The van der Waals surface area contributed by atoms with Crippen LogP contribution in [-0.2, 0) is 9.59 Å². The van der Waals surface area contributed by atoms with Gasteiger partial charge >= 0.3 is 5.97 Å². The molecule has 1 fully saturated rings. The Hall–Kier alpha value is -2.04. The Morgan fingerprint density at radius 1 is 1.32 bits per heavy atom. The number of para-hydroxylation sites is 1. The fourth-order valence-corrected chi connectivity index (χ4v) is 2.75. The summed E-state index contributed by atoms with van der Waals surface area (Å²) in [5.74, 6) is -0.799. The molecule has 1 N–H and O–H groups in total. The molecule has 100 valence electrons. The van der Waals surface area contributed by atoms with E-state index in [1.54, 1.807) is 4.90 Å². The number of hydrogen-bond acceptors (Lipinski definition) is 3. The molecule has 0 spiro atoms. The van der Waals surface area contributed by atoms with Gasteiger partial charge in [-0.2, -0.15) is 0 Å². The molecule has 3 rings (SSSR count). The number of ether oxygens (including phenoxy) is 1. The van der Waals surface area contributed by atoms with Crippen molar-refractivity contribution in [3.63, 3.8) is 0 Å². The molecule has 0 aromatic heterocycles. The van der Waals surface area contributed by atoms with Gasteiger partial charge in [-0.1, -0.05) is 18.2 Å². The van der Waals surface area contributed by atoms with E-state index in [9.17, 15) is 9.59 Å². The van der Waals surface area contributed by atoms with Crippen LogP contribution in [-0.4, -0.2) is 41.6 Å². The summed E-state index contributed by atoms with van der Waals surface area (Å²) in [5, 5.41) is 8.97. The third kappa shape index (κ3) is 2.05. The lowest BCUT2D eigenvalue weighted by molar-refractivity contribution is -0.141. The van der Waals surface area contributed by atoms with Gasteiger partial charge in [0.2, 0.25) is 5.91 Å². The van der Waals surface area contributed by atoms with Crippen molar-refractivity contribution in [2.45, 2.75) is 12.3 Å². The number of fused-ring (bicyclic) bond motifs is 1. The zero-order chi connectivity index (χ0) is 13.4. The Bertz CT molecular complexity index is 528. The number of carboxylic acid groups (broad SMARTS) is 1. The second kappa shape index (κ2) is 4.57. The molecule has 5 nitrogen and oxygen atoms in total. The van der Waals surface area contributed by atoms with Gasteiger partial charge in [-0.05, 0) is 12.5 Å². The van der Waals surface area contributed by atoms with Crippen molar-refractivity contribution >= 4 is 11.9 Å². The van der Waals surface area contributed by atoms with E-state index in [0.717, 1.165) is 11.3 Å². The largest absolute Gasteiger partial charge is 0.492 e. The Labute approximate surface area is 110 Å². The van der Waals surface area contributed by atoms with Crippen LogP contribution in [0.25, 0.3) is 0 Å². The molecule has 0 aliphatic carbocycles. The van der Waals surface area contributed by atoms with Gasteiger partial charge in [0, 0.05) is 18.7 Å². The summed E-state index contributed by atoms with van der Waals surface area (Å²) in [4.78, 5) is 25.0. The van der Waals surface area contributed by atoms with Crippen LogP contribution < -0.4 is 4.74 Å². The average molecular weight is 261 g/mol. The van der Waals surface area contributed by atoms with E-state index in [2.05, 4.69) is 0 Å². The van der Waals surface area contributed by atoms with Crippen molar-refractivity contribution in [3.8, 4) is 5.75 Å². The van der Waals surface area contributed by atoms with Crippen molar-refractivity contribution in [2.75, 3.05) is 19.7 Å². The van der Waals surface area contributed by atoms with Crippen molar-refractivity contribution in [2.24, 2.45) is 5.92 Å². The van der Waals surface area contributed by atoms with Crippen molar-refractivity contribution in [3.05, 3.63) is 29.8 Å². The Morgan fingerprint density at radius 3 is 2.84 bits per heavy atom. The predicted octanol–water partition coefficient (Wildman–Crippen LogP) is 1.10. The Morgan fingerprint density at radius 2 is 2.11 bits per heavy atom. The summed E-state index contributed by atoms with van der Waals surface area (Å²) in [6.45, 7) is 1.19. The molecule has 19 heavy (non-hydrogen) atoms. The smallest absolute Gasteiger partial charge is 0.308 e. The first-order chi connectivity index (χ1) is 9.16. The summed E-state index contributed by atoms with van der Waals surface area (Å²) in [6, 6.07) is 7.52. The van der Waals surface area contributed by atoms with Crippen LogP contribution in [0, 0.1) is 5.92 Å². The summed E-state index contributed by atoms with van der Waals surface area (Å²) in [5.41, 5.74) is 0.909. The minimum absolute atomic E-state index is 0.0197. The van der Waals surface area contributed by atoms with E-state index < -0.39 is 11.9 Å². The number of benzene rings is 1. The van der Waals surface area contributed by atoms with Gasteiger partial charge in [0.15, 0.2) is 0 Å². The number of nitrogens with zero attached hydrogens (tertiary/aromatic N) is 1. The number of rotatable bonds is 2. The monoisotopic (exact) mass is 261 g/mol. The molecule has 2 aliphatic rings. The van der Waals surface area contributed by atoms with Gasteiger partial charge in [-0.15, -0.1) is 0 Å². The van der Waals surface area contributed by atoms with Gasteiger partial charge in [0.05, 0.1) is 5.92 Å². The van der Waals surface area contributed by atoms with Crippen LogP contribution in [0.4, 0.5) is 0 Å². The van der Waals surface area contributed by atoms with Gasteiger partial charge in [-0.25, -0.2) is 0 Å². The molecule has 5 heteroatoms.